The molecule has 25 heavy (non-hydrogen) atoms. The van der Waals surface area contributed by atoms with Crippen LogP contribution in [0.25, 0.3) is 0 Å². The van der Waals surface area contributed by atoms with Crippen LogP contribution in [0.1, 0.15) is 44.2 Å². The fraction of sp³-hybridized carbons (Fsp3) is 0.600. The molecule has 0 aromatic heterocycles. The Balaban J connectivity index is 1.85. The molecule has 1 saturated heterocycles. The third-order valence-electron chi connectivity index (χ3n) is 5.09. The molecule has 1 aliphatic heterocycles. The fourth-order valence-corrected chi connectivity index (χ4v) is 3.55. The van der Waals surface area contributed by atoms with E-state index in [4.69, 9.17) is 5.11 Å². The zero-order valence-corrected chi connectivity index (χ0v) is 15.4. The Kier molecular flexibility index (Phi) is 7.44. The molecule has 5 nitrogen and oxygen atoms in total. The predicted octanol–water partition coefficient (Wildman–Crippen LogP) is 2.58. The van der Waals surface area contributed by atoms with Crippen LogP contribution in [0.4, 0.5) is 0 Å². The van der Waals surface area contributed by atoms with Crippen molar-refractivity contribution >= 4 is 11.9 Å². The van der Waals surface area contributed by atoms with E-state index in [0.717, 1.165) is 51.7 Å². The second-order valence-electron chi connectivity index (χ2n) is 6.89. The van der Waals surface area contributed by atoms with Crippen molar-refractivity contribution in [2.75, 3.05) is 26.2 Å². The summed E-state index contributed by atoms with van der Waals surface area (Å²) in [7, 11) is 0. The number of hydrogen-bond donors (Lipinski definition) is 1. The quantitative estimate of drug-likeness (QED) is 0.824. The number of rotatable bonds is 7. The van der Waals surface area contributed by atoms with Crippen LogP contribution in [0.5, 0.6) is 0 Å². The molecule has 1 N–H and O–H groups in total. The van der Waals surface area contributed by atoms with E-state index in [2.05, 4.69) is 36.1 Å². The van der Waals surface area contributed by atoms with E-state index >= 15 is 0 Å². The summed E-state index contributed by atoms with van der Waals surface area (Å²) in [6.45, 7) is 6.38. The molecule has 2 rings (SSSR count). The van der Waals surface area contributed by atoms with Crippen molar-refractivity contribution < 1.29 is 14.7 Å². The second kappa shape index (κ2) is 9.56. The number of carboxylic acid groups (broad SMARTS) is 1. The SMILES string of the molecule is CCc1ccc(CCN2CCCC(N(CC(=O)O)C(C)=O)CC2)cc1. The highest BCUT2D eigenvalue weighted by atomic mass is 16.4. The lowest BCUT2D eigenvalue weighted by atomic mass is 10.1. The molecular weight excluding hydrogens is 316 g/mol. The Morgan fingerprint density at radius 2 is 1.84 bits per heavy atom. The summed E-state index contributed by atoms with van der Waals surface area (Å²) < 4.78 is 0. The van der Waals surface area contributed by atoms with Crippen molar-refractivity contribution in [2.24, 2.45) is 0 Å². The number of carbonyl (C=O) groups is 2. The summed E-state index contributed by atoms with van der Waals surface area (Å²) in [4.78, 5) is 26.8. The van der Waals surface area contributed by atoms with Gasteiger partial charge in [0.25, 0.3) is 0 Å². The van der Waals surface area contributed by atoms with Gasteiger partial charge in [0.1, 0.15) is 6.54 Å². The lowest BCUT2D eigenvalue weighted by Gasteiger charge is -2.29. The Labute approximate surface area is 150 Å². The van der Waals surface area contributed by atoms with E-state index in [9.17, 15) is 9.59 Å². The number of amides is 1. The lowest BCUT2D eigenvalue weighted by Crippen LogP contribution is -2.42. The summed E-state index contributed by atoms with van der Waals surface area (Å²) >= 11 is 0. The molecule has 5 heteroatoms. The molecule has 1 aliphatic rings. The first-order valence-corrected chi connectivity index (χ1v) is 9.28. The molecule has 1 aromatic rings. The first kappa shape index (κ1) is 19.4. The van der Waals surface area contributed by atoms with Gasteiger partial charge in [-0.2, -0.15) is 0 Å². The monoisotopic (exact) mass is 346 g/mol. The highest BCUT2D eigenvalue weighted by molar-refractivity contribution is 5.79. The third kappa shape index (κ3) is 6.16. The molecule has 138 valence electrons. The van der Waals surface area contributed by atoms with E-state index in [1.165, 1.54) is 23.0 Å². The molecule has 1 aromatic carbocycles. The zero-order valence-electron chi connectivity index (χ0n) is 15.4. The first-order chi connectivity index (χ1) is 12.0. The minimum Gasteiger partial charge on any atom is -0.480 e. The molecule has 0 spiro atoms. The van der Waals surface area contributed by atoms with Crippen LogP contribution in [-0.2, 0) is 22.4 Å². The van der Waals surface area contributed by atoms with Crippen LogP contribution >= 0.6 is 0 Å². The molecule has 1 unspecified atom stereocenters. The van der Waals surface area contributed by atoms with Gasteiger partial charge in [0.15, 0.2) is 0 Å². The van der Waals surface area contributed by atoms with Gasteiger partial charge in [-0.15, -0.1) is 0 Å². The number of aliphatic carboxylic acids is 1. The van der Waals surface area contributed by atoms with Gasteiger partial charge in [-0.25, -0.2) is 0 Å². The van der Waals surface area contributed by atoms with Crippen LogP contribution in [0, 0.1) is 0 Å². The van der Waals surface area contributed by atoms with E-state index in [0.29, 0.717) is 0 Å². The normalized spacial score (nSPS) is 18.6. The van der Waals surface area contributed by atoms with Gasteiger partial charge < -0.3 is 14.9 Å². The average Bonchev–Trinajstić information content (AvgIpc) is 2.83. The topological polar surface area (TPSA) is 60.9 Å². The number of carboxylic acids is 1. The van der Waals surface area contributed by atoms with E-state index in [-0.39, 0.29) is 18.5 Å². The van der Waals surface area contributed by atoms with Crippen molar-refractivity contribution in [3.63, 3.8) is 0 Å². The number of hydrogen-bond acceptors (Lipinski definition) is 3. The van der Waals surface area contributed by atoms with E-state index in [1.54, 1.807) is 0 Å². The first-order valence-electron chi connectivity index (χ1n) is 9.28. The predicted molar refractivity (Wildman–Crippen MR) is 98.6 cm³/mol. The molecule has 1 amide bonds. The Bertz CT molecular complexity index is 571. The Morgan fingerprint density at radius 1 is 1.16 bits per heavy atom. The van der Waals surface area contributed by atoms with Crippen LogP contribution in [0.15, 0.2) is 24.3 Å². The van der Waals surface area contributed by atoms with E-state index in [1.807, 2.05) is 0 Å². The lowest BCUT2D eigenvalue weighted by molar-refractivity contribution is -0.145. The van der Waals surface area contributed by atoms with Crippen molar-refractivity contribution in [1.82, 2.24) is 9.80 Å². The van der Waals surface area contributed by atoms with Gasteiger partial charge >= 0.3 is 5.97 Å². The summed E-state index contributed by atoms with van der Waals surface area (Å²) in [6, 6.07) is 8.87. The van der Waals surface area contributed by atoms with Crippen molar-refractivity contribution in [2.45, 2.75) is 52.0 Å². The molecule has 0 bridgehead atoms. The molecule has 1 fully saturated rings. The summed E-state index contributed by atoms with van der Waals surface area (Å²) in [5.41, 5.74) is 2.72. The van der Waals surface area contributed by atoms with Gasteiger partial charge in [-0.3, -0.25) is 9.59 Å². The fourth-order valence-electron chi connectivity index (χ4n) is 3.55. The number of aryl methyl sites for hydroxylation is 1. The van der Waals surface area contributed by atoms with Crippen LogP contribution in [0.3, 0.4) is 0 Å². The standard InChI is InChI=1S/C20H30N2O3/c1-3-17-6-8-18(9-7-17)10-13-21-12-4-5-19(11-14-21)22(16(2)23)15-20(24)25/h6-9,19H,3-5,10-15H2,1-2H3,(H,24,25). The van der Waals surface area contributed by atoms with E-state index < -0.39 is 5.97 Å². The summed E-state index contributed by atoms with van der Waals surface area (Å²) in [5.74, 6) is -1.08. The molecule has 1 atom stereocenters. The Hall–Kier alpha value is -1.88. The molecular formula is C20H30N2O3. The highest BCUT2D eigenvalue weighted by Crippen LogP contribution is 2.18. The largest absolute Gasteiger partial charge is 0.480 e. The smallest absolute Gasteiger partial charge is 0.323 e. The number of carbonyl (C=O) groups excluding carboxylic acids is 1. The van der Waals surface area contributed by atoms with Crippen LogP contribution < -0.4 is 0 Å². The number of benzene rings is 1. The maximum absolute atomic E-state index is 11.8. The molecule has 0 saturated carbocycles. The highest BCUT2D eigenvalue weighted by Gasteiger charge is 2.25. The van der Waals surface area contributed by atoms with Gasteiger partial charge in [0, 0.05) is 26.1 Å². The van der Waals surface area contributed by atoms with Crippen LogP contribution in [0.2, 0.25) is 0 Å². The maximum Gasteiger partial charge on any atom is 0.323 e. The van der Waals surface area contributed by atoms with Gasteiger partial charge in [0.05, 0.1) is 0 Å². The minimum absolute atomic E-state index is 0.0439. The zero-order chi connectivity index (χ0) is 18.2. The molecule has 0 radical (unpaired) electrons. The maximum atomic E-state index is 11.8. The minimum atomic E-state index is -0.938. The third-order valence-corrected chi connectivity index (χ3v) is 5.09. The van der Waals surface area contributed by atoms with Gasteiger partial charge in [-0.05, 0) is 49.8 Å². The van der Waals surface area contributed by atoms with Crippen LogP contribution in [-0.4, -0.2) is 59.0 Å². The molecule has 0 aliphatic carbocycles. The summed E-state index contributed by atoms with van der Waals surface area (Å²) in [6.07, 6.45) is 4.83. The number of likely N-dealkylation sites (tertiary alicyclic amines) is 1. The van der Waals surface area contributed by atoms with Gasteiger partial charge in [-0.1, -0.05) is 31.2 Å². The van der Waals surface area contributed by atoms with Crippen molar-refractivity contribution in [3.8, 4) is 0 Å². The average molecular weight is 346 g/mol. The number of nitrogens with zero attached hydrogens (tertiary/aromatic N) is 2. The van der Waals surface area contributed by atoms with Crippen molar-refractivity contribution in [1.29, 1.82) is 0 Å². The van der Waals surface area contributed by atoms with Crippen molar-refractivity contribution in [3.05, 3.63) is 35.4 Å². The Morgan fingerprint density at radius 3 is 2.44 bits per heavy atom. The summed E-state index contributed by atoms with van der Waals surface area (Å²) in [5, 5.41) is 9.03. The molecule has 1 heterocycles. The van der Waals surface area contributed by atoms with Gasteiger partial charge in [0.2, 0.25) is 5.91 Å². The second-order valence-corrected chi connectivity index (χ2v) is 6.89.